The number of rotatable bonds is 6. The molecule has 1 aromatic heterocycles. The van der Waals surface area contributed by atoms with E-state index in [0.29, 0.717) is 30.7 Å². The van der Waals surface area contributed by atoms with Gasteiger partial charge >= 0.3 is 12.1 Å². The Labute approximate surface area is 174 Å². The third-order valence-corrected chi connectivity index (χ3v) is 6.47. The number of tetrazole rings is 1. The van der Waals surface area contributed by atoms with Crippen LogP contribution >= 0.6 is 0 Å². The van der Waals surface area contributed by atoms with Crippen molar-refractivity contribution in [3.8, 4) is 0 Å². The molecule has 9 heteroatoms. The van der Waals surface area contributed by atoms with Gasteiger partial charge in [0.25, 0.3) is 0 Å². The molecular weight excluding hydrogens is 386 g/mol. The van der Waals surface area contributed by atoms with Crippen LogP contribution in [0.25, 0.3) is 0 Å². The number of fused-ring (bicyclic) bond motifs is 1. The van der Waals surface area contributed by atoms with Crippen LogP contribution in [0.4, 0.5) is 4.79 Å². The van der Waals surface area contributed by atoms with Gasteiger partial charge in [0.2, 0.25) is 0 Å². The van der Waals surface area contributed by atoms with E-state index in [-0.39, 0.29) is 6.61 Å². The molecule has 0 bridgehead atoms. The average Bonchev–Trinajstić information content (AvgIpc) is 3.29. The summed E-state index contributed by atoms with van der Waals surface area (Å²) in [6.45, 7) is 0.599. The Balaban J connectivity index is 1.34. The molecule has 30 heavy (non-hydrogen) atoms. The summed E-state index contributed by atoms with van der Waals surface area (Å²) in [5.74, 6) is 0.922. The van der Waals surface area contributed by atoms with E-state index in [1.165, 1.54) is 4.90 Å². The summed E-state index contributed by atoms with van der Waals surface area (Å²) in [5, 5.41) is 23.8. The number of hydrogen-bond acceptors (Lipinski definition) is 6. The minimum Gasteiger partial charge on any atom is -0.480 e. The summed E-state index contributed by atoms with van der Waals surface area (Å²) >= 11 is 0. The number of carboxylic acids is 1. The number of aryl methyl sites for hydroxylation is 1. The Morgan fingerprint density at radius 2 is 2.00 bits per heavy atom. The molecule has 1 aromatic carbocycles. The molecule has 2 heterocycles. The summed E-state index contributed by atoms with van der Waals surface area (Å²) in [4.78, 5) is 26.0. The van der Waals surface area contributed by atoms with Gasteiger partial charge in [-0.2, -0.15) is 5.21 Å². The lowest BCUT2D eigenvalue weighted by molar-refractivity contribution is -0.146. The molecule has 4 rings (SSSR count). The van der Waals surface area contributed by atoms with Crippen LogP contribution in [0.3, 0.4) is 0 Å². The van der Waals surface area contributed by atoms with E-state index < -0.39 is 18.1 Å². The van der Waals surface area contributed by atoms with Crippen molar-refractivity contribution in [2.24, 2.45) is 17.8 Å². The first-order valence-electron chi connectivity index (χ1n) is 10.5. The standard InChI is InChI=1S/C21H27N5O4/c27-20(28)18-11-17-10-14(7-9-19-22-24-25-23-19)6-8-16(17)12-26(18)21(29)30-13-15-4-2-1-3-5-15/h1-5,14,16-18H,6-13H2,(H,27,28)(H,22,23,24,25)/t14?,16?,17-,18+/m1/s1. The zero-order valence-corrected chi connectivity index (χ0v) is 16.8. The van der Waals surface area contributed by atoms with E-state index in [1.807, 2.05) is 30.3 Å². The summed E-state index contributed by atoms with van der Waals surface area (Å²) in [6, 6.07) is 8.59. The zero-order chi connectivity index (χ0) is 20.9. The number of hydrogen-bond donors (Lipinski definition) is 2. The van der Waals surface area contributed by atoms with E-state index >= 15 is 0 Å². The highest BCUT2D eigenvalue weighted by Crippen LogP contribution is 2.42. The molecule has 9 nitrogen and oxygen atoms in total. The maximum absolute atomic E-state index is 12.7. The lowest BCUT2D eigenvalue weighted by atomic mass is 9.68. The number of nitrogens with zero attached hydrogens (tertiary/aromatic N) is 4. The van der Waals surface area contributed by atoms with Crippen LogP contribution in [-0.4, -0.2) is 55.3 Å². The number of nitrogens with one attached hydrogen (secondary N) is 1. The number of amides is 1. The van der Waals surface area contributed by atoms with Gasteiger partial charge < -0.3 is 9.84 Å². The fourth-order valence-corrected chi connectivity index (χ4v) is 4.87. The normalized spacial score (nSPS) is 26.1. The molecule has 2 aliphatic rings. The molecule has 4 atom stereocenters. The lowest BCUT2D eigenvalue weighted by Gasteiger charge is -2.45. The number of carbonyl (C=O) groups excluding carboxylic acids is 1. The highest BCUT2D eigenvalue weighted by atomic mass is 16.6. The smallest absolute Gasteiger partial charge is 0.410 e. The fraction of sp³-hybridized carbons (Fsp3) is 0.571. The first-order valence-corrected chi connectivity index (χ1v) is 10.5. The van der Waals surface area contributed by atoms with Gasteiger partial charge in [-0.25, -0.2) is 9.59 Å². The number of piperidine rings is 1. The molecule has 1 saturated heterocycles. The average molecular weight is 413 g/mol. The Bertz CT molecular complexity index is 844. The lowest BCUT2D eigenvalue weighted by Crippen LogP contribution is -2.54. The largest absolute Gasteiger partial charge is 0.480 e. The van der Waals surface area contributed by atoms with E-state index in [1.54, 1.807) is 0 Å². The predicted molar refractivity (Wildman–Crippen MR) is 106 cm³/mol. The van der Waals surface area contributed by atoms with Gasteiger partial charge in [0.05, 0.1) is 0 Å². The molecule has 1 aliphatic carbocycles. The van der Waals surface area contributed by atoms with Gasteiger partial charge in [-0.3, -0.25) is 4.90 Å². The number of carbonyl (C=O) groups is 2. The Kier molecular flexibility index (Phi) is 6.25. The molecule has 1 amide bonds. The van der Waals surface area contributed by atoms with Crippen molar-refractivity contribution in [2.75, 3.05) is 6.54 Å². The van der Waals surface area contributed by atoms with Crippen molar-refractivity contribution in [1.82, 2.24) is 25.5 Å². The number of ether oxygens (including phenoxy) is 1. The molecule has 1 saturated carbocycles. The zero-order valence-electron chi connectivity index (χ0n) is 16.8. The maximum atomic E-state index is 12.7. The number of benzene rings is 1. The molecule has 0 radical (unpaired) electrons. The number of likely N-dealkylation sites (tertiary alicyclic amines) is 1. The second kappa shape index (κ2) is 9.23. The van der Waals surface area contributed by atoms with E-state index in [0.717, 1.165) is 43.5 Å². The summed E-state index contributed by atoms with van der Waals surface area (Å²) in [7, 11) is 0. The van der Waals surface area contributed by atoms with Crippen LogP contribution in [0.2, 0.25) is 0 Å². The van der Waals surface area contributed by atoms with E-state index in [9.17, 15) is 14.7 Å². The molecule has 160 valence electrons. The summed E-state index contributed by atoms with van der Waals surface area (Å²) < 4.78 is 5.43. The van der Waals surface area contributed by atoms with Crippen molar-refractivity contribution in [2.45, 2.75) is 51.2 Å². The number of aliphatic carboxylic acids is 1. The second-order valence-corrected chi connectivity index (χ2v) is 8.35. The van der Waals surface area contributed by atoms with Gasteiger partial charge in [0, 0.05) is 13.0 Å². The molecule has 2 fully saturated rings. The van der Waals surface area contributed by atoms with Crippen LogP contribution in [-0.2, 0) is 22.6 Å². The van der Waals surface area contributed by atoms with Gasteiger partial charge in [0.15, 0.2) is 5.82 Å². The Hall–Kier alpha value is -2.97. The van der Waals surface area contributed by atoms with Crippen LogP contribution in [0.5, 0.6) is 0 Å². The first-order chi connectivity index (χ1) is 14.6. The van der Waals surface area contributed by atoms with E-state index in [2.05, 4.69) is 20.6 Å². The van der Waals surface area contributed by atoms with Gasteiger partial charge in [-0.05, 0) is 49.0 Å². The van der Waals surface area contributed by atoms with Crippen LogP contribution < -0.4 is 0 Å². The van der Waals surface area contributed by atoms with Gasteiger partial charge in [-0.15, -0.1) is 10.2 Å². The van der Waals surface area contributed by atoms with Crippen LogP contribution in [0, 0.1) is 17.8 Å². The van der Waals surface area contributed by atoms with Gasteiger partial charge in [-0.1, -0.05) is 42.0 Å². The first kappa shape index (κ1) is 20.3. The quantitative estimate of drug-likeness (QED) is 0.746. The van der Waals surface area contributed by atoms with Crippen molar-refractivity contribution in [1.29, 1.82) is 0 Å². The van der Waals surface area contributed by atoms with Gasteiger partial charge in [0.1, 0.15) is 12.6 Å². The predicted octanol–water partition coefficient (Wildman–Crippen LogP) is 2.66. The maximum Gasteiger partial charge on any atom is 0.410 e. The minimum atomic E-state index is -0.959. The summed E-state index contributed by atoms with van der Waals surface area (Å²) in [6.07, 6.45) is 4.75. The topological polar surface area (TPSA) is 121 Å². The SMILES string of the molecule is O=C(O)[C@@H]1C[C@H]2CC(CCc3nn[nH]n3)CCC2CN1C(=O)OCc1ccccc1. The molecule has 2 aromatic rings. The highest BCUT2D eigenvalue weighted by molar-refractivity contribution is 5.80. The van der Waals surface area contributed by atoms with E-state index in [4.69, 9.17) is 4.74 Å². The van der Waals surface area contributed by atoms with Crippen LogP contribution in [0.15, 0.2) is 30.3 Å². The third kappa shape index (κ3) is 4.77. The Morgan fingerprint density at radius 3 is 2.73 bits per heavy atom. The number of aromatic nitrogens is 4. The number of H-pyrrole nitrogens is 1. The van der Waals surface area contributed by atoms with Crippen molar-refractivity contribution >= 4 is 12.1 Å². The molecule has 1 aliphatic heterocycles. The summed E-state index contributed by atoms with van der Waals surface area (Å²) in [5.41, 5.74) is 0.884. The minimum absolute atomic E-state index is 0.148. The molecule has 2 unspecified atom stereocenters. The second-order valence-electron chi connectivity index (χ2n) is 8.35. The molecule has 2 N–H and O–H groups in total. The molecule has 0 spiro atoms. The fourth-order valence-electron chi connectivity index (χ4n) is 4.87. The van der Waals surface area contributed by atoms with Crippen molar-refractivity contribution < 1.29 is 19.4 Å². The monoisotopic (exact) mass is 413 g/mol. The molecular formula is C21H27N5O4. The third-order valence-electron chi connectivity index (χ3n) is 6.47. The van der Waals surface area contributed by atoms with Crippen molar-refractivity contribution in [3.63, 3.8) is 0 Å². The number of carboxylic acid groups (broad SMARTS) is 1. The Morgan fingerprint density at radius 1 is 1.17 bits per heavy atom. The van der Waals surface area contributed by atoms with Crippen molar-refractivity contribution in [3.05, 3.63) is 41.7 Å². The van der Waals surface area contributed by atoms with Crippen LogP contribution in [0.1, 0.15) is 43.5 Å². The highest BCUT2D eigenvalue weighted by Gasteiger charge is 2.44. The number of aromatic amines is 1.